The predicted molar refractivity (Wildman–Crippen MR) is 110 cm³/mol. The van der Waals surface area contributed by atoms with E-state index in [4.69, 9.17) is 0 Å². The fraction of sp³-hybridized carbons (Fsp3) is 0.318. The second-order valence-electron chi connectivity index (χ2n) is 7.30. The van der Waals surface area contributed by atoms with Gasteiger partial charge < -0.3 is 10.4 Å². The molecule has 1 aliphatic rings. The first kappa shape index (κ1) is 18.6. The van der Waals surface area contributed by atoms with Crippen LogP contribution >= 0.6 is 11.3 Å². The van der Waals surface area contributed by atoms with Crippen LogP contribution in [0.15, 0.2) is 48.5 Å². The molecule has 6 heteroatoms. The maximum absolute atomic E-state index is 12.4. The number of benzene rings is 2. The largest absolute Gasteiger partial charge is 0.481 e. The summed E-state index contributed by atoms with van der Waals surface area (Å²) in [7, 11) is 0. The molecule has 1 fully saturated rings. The number of fused-ring (bicyclic) bond motifs is 1. The summed E-state index contributed by atoms with van der Waals surface area (Å²) < 4.78 is 1.06. The summed E-state index contributed by atoms with van der Waals surface area (Å²) in [6, 6.07) is 16.3. The highest BCUT2D eigenvalue weighted by Gasteiger charge is 2.27. The van der Waals surface area contributed by atoms with E-state index >= 15 is 0 Å². The van der Waals surface area contributed by atoms with Gasteiger partial charge in [0, 0.05) is 6.04 Å². The van der Waals surface area contributed by atoms with E-state index in [-0.39, 0.29) is 24.3 Å². The van der Waals surface area contributed by atoms with Crippen LogP contribution in [0.1, 0.15) is 30.7 Å². The van der Waals surface area contributed by atoms with Crippen LogP contribution in [-0.4, -0.2) is 28.0 Å². The summed E-state index contributed by atoms with van der Waals surface area (Å²) in [5, 5.41) is 13.0. The van der Waals surface area contributed by atoms with Gasteiger partial charge in [-0.1, -0.05) is 42.8 Å². The predicted octanol–water partition coefficient (Wildman–Crippen LogP) is 4.27. The number of carbonyl (C=O) groups excluding carboxylic acids is 1. The zero-order valence-electron chi connectivity index (χ0n) is 15.4. The van der Waals surface area contributed by atoms with Crippen LogP contribution < -0.4 is 5.32 Å². The first-order valence-corrected chi connectivity index (χ1v) is 10.4. The molecule has 0 radical (unpaired) electrons. The van der Waals surface area contributed by atoms with Crippen molar-refractivity contribution >= 4 is 33.4 Å². The zero-order valence-corrected chi connectivity index (χ0v) is 16.2. The lowest BCUT2D eigenvalue weighted by molar-refractivity contribution is -0.143. The standard InChI is InChI=1S/C22H22N2O3S/c25-20(23-17-8-4-7-16(11-17)22(26)27)13-21-24-18-10-9-15(12-19(18)28-21)14-5-2-1-3-6-14/h1-3,5-6,9-10,12,16-17H,4,7-8,11,13H2,(H,23,25)(H,26,27). The summed E-state index contributed by atoms with van der Waals surface area (Å²) in [6.07, 6.45) is 3.13. The van der Waals surface area contributed by atoms with E-state index in [1.165, 1.54) is 11.3 Å². The van der Waals surface area contributed by atoms with Gasteiger partial charge in [0.1, 0.15) is 5.01 Å². The van der Waals surface area contributed by atoms with Gasteiger partial charge >= 0.3 is 5.97 Å². The van der Waals surface area contributed by atoms with Crippen molar-refractivity contribution in [1.29, 1.82) is 0 Å². The molecule has 1 heterocycles. The number of nitrogens with one attached hydrogen (secondary N) is 1. The fourth-order valence-electron chi connectivity index (χ4n) is 3.82. The topological polar surface area (TPSA) is 79.3 Å². The number of amides is 1. The van der Waals surface area contributed by atoms with Gasteiger partial charge in [-0.25, -0.2) is 4.98 Å². The van der Waals surface area contributed by atoms with Gasteiger partial charge in [0.05, 0.1) is 22.6 Å². The Labute approximate surface area is 167 Å². The maximum atomic E-state index is 12.4. The minimum atomic E-state index is -0.764. The van der Waals surface area contributed by atoms with Gasteiger partial charge in [-0.15, -0.1) is 11.3 Å². The first-order valence-electron chi connectivity index (χ1n) is 9.55. The van der Waals surface area contributed by atoms with E-state index in [1.54, 1.807) is 0 Å². The minimum absolute atomic E-state index is 0.0542. The molecule has 1 aliphatic carbocycles. The van der Waals surface area contributed by atoms with Crippen LogP contribution in [0.25, 0.3) is 21.3 Å². The number of carboxylic acids is 1. The summed E-state index contributed by atoms with van der Waals surface area (Å²) in [5.74, 6) is -1.20. The molecule has 1 saturated carbocycles. The highest BCUT2D eigenvalue weighted by atomic mass is 32.1. The molecule has 5 nitrogen and oxygen atoms in total. The molecule has 0 saturated heterocycles. The molecular formula is C22H22N2O3S. The van der Waals surface area contributed by atoms with Crippen LogP contribution in [0.4, 0.5) is 0 Å². The highest BCUT2D eigenvalue weighted by molar-refractivity contribution is 7.18. The first-order chi connectivity index (χ1) is 13.6. The van der Waals surface area contributed by atoms with Gasteiger partial charge in [0.15, 0.2) is 0 Å². The van der Waals surface area contributed by atoms with Crippen LogP contribution in [-0.2, 0) is 16.0 Å². The monoisotopic (exact) mass is 394 g/mol. The van der Waals surface area contributed by atoms with E-state index in [9.17, 15) is 14.7 Å². The van der Waals surface area contributed by atoms with Gasteiger partial charge in [-0.2, -0.15) is 0 Å². The molecule has 2 N–H and O–H groups in total. The van der Waals surface area contributed by atoms with Crippen molar-refractivity contribution < 1.29 is 14.7 Å². The maximum Gasteiger partial charge on any atom is 0.306 e. The molecule has 0 spiro atoms. The molecule has 1 amide bonds. The number of thiazole rings is 1. The Hall–Kier alpha value is -2.73. The number of carbonyl (C=O) groups is 2. The average Bonchev–Trinajstić information content (AvgIpc) is 3.10. The Morgan fingerprint density at radius 1 is 1.11 bits per heavy atom. The molecule has 2 unspecified atom stereocenters. The number of aliphatic carboxylic acids is 1. The summed E-state index contributed by atoms with van der Waals surface area (Å²) in [5.41, 5.74) is 3.19. The van der Waals surface area contributed by atoms with E-state index < -0.39 is 5.97 Å². The molecule has 2 atom stereocenters. The number of rotatable bonds is 5. The lowest BCUT2D eigenvalue weighted by Gasteiger charge is -2.27. The molecule has 4 rings (SSSR count). The lowest BCUT2D eigenvalue weighted by Crippen LogP contribution is -2.40. The Morgan fingerprint density at radius 2 is 1.93 bits per heavy atom. The summed E-state index contributed by atoms with van der Waals surface area (Å²) >= 11 is 1.54. The van der Waals surface area contributed by atoms with Gasteiger partial charge in [-0.3, -0.25) is 9.59 Å². The Balaban J connectivity index is 1.43. The van der Waals surface area contributed by atoms with E-state index in [0.717, 1.165) is 39.2 Å². The molecule has 3 aromatic rings. The molecular weight excluding hydrogens is 372 g/mol. The minimum Gasteiger partial charge on any atom is -0.481 e. The van der Waals surface area contributed by atoms with Crippen molar-refractivity contribution in [3.8, 4) is 11.1 Å². The quantitative estimate of drug-likeness (QED) is 0.677. The normalized spacial score (nSPS) is 19.4. The fourth-order valence-corrected chi connectivity index (χ4v) is 4.82. The molecule has 0 bridgehead atoms. The highest BCUT2D eigenvalue weighted by Crippen LogP contribution is 2.29. The molecule has 1 aromatic heterocycles. The Bertz CT molecular complexity index is 999. The van der Waals surface area contributed by atoms with Crippen molar-refractivity contribution in [2.75, 3.05) is 0 Å². The second kappa shape index (κ2) is 8.10. The number of carboxylic acid groups (broad SMARTS) is 1. The van der Waals surface area contributed by atoms with Crippen LogP contribution in [0.2, 0.25) is 0 Å². The third kappa shape index (κ3) is 4.22. The van der Waals surface area contributed by atoms with Gasteiger partial charge in [0.25, 0.3) is 0 Å². The number of aromatic nitrogens is 1. The van der Waals surface area contributed by atoms with Gasteiger partial charge in [-0.05, 0) is 42.5 Å². The Morgan fingerprint density at radius 3 is 2.71 bits per heavy atom. The molecule has 28 heavy (non-hydrogen) atoms. The summed E-state index contributed by atoms with van der Waals surface area (Å²) in [4.78, 5) is 28.2. The molecule has 2 aromatic carbocycles. The number of nitrogens with zero attached hydrogens (tertiary/aromatic N) is 1. The van der Waals surface area contributed by atoms with Crippen molar-refractivity contribution in [2.45, 2.75) is 38.1 Å². The molecule has 0 aliphatic heterocycles. The van der Waals surface area contributed by atoms with Gasteiger partial charge in [0.2, 0.25) is 5.91 Å². The van der Waals surface area contributed by atoms with E-state index in [0.29, 0.717) is 12.8 Å². The number of hydrogen-bond donors (Lipinski definition) is 2. The number of hydrogen-bond acceptors (Lipinski definition) is 4. The lowest BCUT2D eigenvalue weighted by atomic mass is 9.86. The van der Waals surface area contributed by atoms with Crippen molar-refractivity contribution in [3.63, 3.8) is 0 Å². The molecule has 144 valence electrons. The van der Waals surface area contributed by atoms with Crippen molar-refractivity contribution in [3.05, 3.63) is 53.5 Å². The summed E-state index contributed by atoms with van der Waals surface area (Å²) in [6.45, 7) is 0. The second-order valence-corrected chi connectivity index (χ2v) is 8.41. The Kier molecular flexibility index (Phi) is 5.39. The van der Waals surface area contributed by atoms with Crippen LogP contribution in [0.3, 0.4) is 0 Å². The van der Waals surface area contributed by atoms with Crippen LogP contribution in [0.5, 0.6) is 0 Å². The van der Waals surface area contributed by atoms with Crippen LogP contribution in [0, 0.1) is 5.92 Å². The smallest absolute Gasteiger partial charge is 0.306 e. The van der Waals surface area contributed by atoms with Crippen molar-refractivity contribution in [1.82, 2.24) is 10.3 Å². The third-order valence-electron chi connectivity index (χ3n) is 5.24. The average molecular weight is 394 g/mol. The third-order valence-corrected chi connectivity index (χ3v) is 6.26. The van der Waals surface area contributed by atoms with Crippen molar-refractivity contribution in [2.24, 2.45) is 5.92 Å². The SMILES string of the molecule is O=C(Cc1nc2ccc(-c3ccccc3)cc2s1)NC1CCCC(C(=O)O)C1. The van der Waals surface area contributed by atoms with E-state index in [2.05, 4.69) is 34.6 Å². The van der Waals surface area contributed by atoms with E-state index in [1.807, 2.05) is 24.3 Å². The zero-order chi connectivity index (χ0) is 19.5.